The molecule has 0 aliphatic heterocycles. The molecule has 0 aliphatic rings. The highest BCUT2D eigenvalue weighted by molar-refractivity contribution is 7.14. The van der Waals surface area contributed by atoms with E-state index in [1.54, 1.807) is 49.4 Å². The largest absolute Gasteiger partial charge is 0.477 e. The number of thiophene rings is 1. The molecule has 148 valence electrons. The van der Waals surface area contributed by atoms with Crippen molar-refractivity contribution >= 4 is 17.3 Å². The van der Waals surface area contributed by atoms with Gasteiger partial charge >= 0.3 is 5.97 Å². The summed E-state index contributed by atoms with van der Waals surface area (Å²) in [6.45, 7) is 3.55. The Morgan fingerprint density at radius 3 is 2.33 bits per heavy atom. The predicted octanol–water partition coefficient (Wildman–Crippen LogP) is 5.91. The van der Waals surface area contributed by atoms with Crippen molar-refractivity contribution in [3.8, 4) is 34.4 Å². The molecule has 1 heterocycles. The number of carboxylic acid groups (broad SMARTS) is 1. The number of nitrogens with zero attached hydrogens (tertiary/aromatic N) is 3. The molecule has 3 rings (SSSR count). The first-order valence-electron chi connectivity index (χ1n) is 9.21. The van der Waals surface area contributed by atoms with Gasteiger partial charge < -0.3 is 5.11 Å². The molecule has 2 aromatic carbocycles. The smallest absolute Gasteiger partial charge is 0.346 e. The molecule has 30 heavy (non-hydrogen) atoms. The van der Waals surface area contributed by atoms with Gasteiger partial charge in [-0.2, -0.15) is 15.4 Å². The van der Waals surface area contributed by atoms with Crippen molar-refractivity contribution < 1.29 is 9.90 Å². The Bertz CT molecular complexity index is 1210. The molecule has 7 heteroatoms. The molecule has 0 amide bonds. The number of aryl methyl sites for hydroxylation is 1. The maximum absolute atomic E-state index is 11.7. The second-order valence-electron chi connectivity index (χ2n) is 6.65. The molecule has 0 radical (unpaired) electrons. The number of carbonyl (C=O) groups is 1. The van der Waals surface area contributed by atoms with Crippen LogP contribution in [0, 0.1) is 27.6 Å². The fourth-order valence-corrected chi connectivity index (χ4v) is 4.36. The fraction of sp³-hybridized carbons (Fsp3) is 0.174. The molecular formula is C23H17N3O3S. The summed E-state index contributed by atoms with van der Waals surface area (Å²) in [7, 11) is 0. The van der Waals surface area contributed by atoms with E-state index < -0.39 is 12.0 Å². The number of rotatable bonds is 6. The SMILES string of the molecule is CCc1sc(C(=O)O)c(-c2ccc(-c3ccc(C(C)N=O)cc3C#N)cc2)c1C#N. The maximum atomic E-state index is 11.7. The maximum Gasteiger partial charge on any atom is 0.346 e. The van der Waals surface area contributed by atoms with Crippen molar-refractivity contribution in [2.45, 2.75) is 26.3 Å². The number of hydrogen-bond donors (Lipinski definition) is 1. The van der Waals surface area contributed by atoms with Crippen LogP contribution in [0.4, 0.5) is 0 Å². The van der Waals surface area contributed by atoms with Crippen LogP contribution < -0.4 is 0 Å². The van der Waals surface area contributed by atoms with Gasteiger partial charge in [0, 0.05) is 10.4 Å². The summed E-state index contributed by atoms with van der Waals surface area (Å²) in [5, 5.41) is 31.7. The van der Waals surface area contributed by atoms with Crippen molar-refractivity contribution in [3.63, 3.8) is 0 Å². The van der Waals surface area contributed by atoms with E-state index in [0.717, 1.165) is 21.8 Å². The average molecular weight is 415 g/mol. The van der Waals surface area contributed by atoms with Gasteiger partial charge in [-0.1, -0.05) is 48.5 Å². The first-order chi connectivity index (χ1) is 14.4. The van der Waals surface area contributed by atoms with E-state index in [9.17, 15) is 25.3 Å². The lowest BCUT2D eigenvalue weighted by molar-refractivity contribution is 0.0703. The average Bonchev–Trinajstić information content (AvgIpc) is 3.17. The third-order valence-electron chi connectivity index (χ3n) is 4.90. The quantitative estimate of drug-likeness (QED) is 0.502. The van der Waals surface area contributed by atoms with Gasteiger partial charge in [0.05, 0.1) is 17.2 Å². The molecule has 3 aromatic rings. The van der Waals surface area contributed by atoms with E-state index in [1.165, 1.54) is 0 Å². The molecule has 0 saturated carbocycles. The zero-order valence-corrected chi connectivity index (χ0v) is 17.2. The third kappa shape index (κ3) is 3.71. The summed E-state index contributed by atoms with van der Waals surface area (Å²) in [6, 6.07) is 16.0. The zero-order chi connectivity index (χ0) is 21.8. The Morgan fingerprint density at radius 2 is 1.80 bits per heavy atom. The highest BCUT2D eigenvalue weighted by atomic mass is 32.1. The van der Waals surface area contributed by atoms with Crippen LogP contribution in [-0.2, 0) is 6.42 Å². The summed E-state index contributed by atoms with van der Waals surface area (Å²) >= 11 is 1.13. The van der Waals surface area contributed by atoms with Crippen LogP contribution in [0.15, 0.2) is 47.6 Å². The minimum Gasteiger partial charge on any atom is -0.477 e. The van der Waals surface area contributed by atoms with Gasteiger partial charge in [0.2, 0.25) is 0 Å². The highest BCUT2D eigenvalue weighted by Gasteiger charge is 2.23. The van der Waals surface area contributed by atoms with Crippen molar-refractivity contribution in [1.29, 1.82) is 10.5 Å². The molecule has 0 spiro atoms. The number of hydrogen-bond acceptors (Lipinski definition) is 6. The highest BCUT2D eigenvalue weighted by Crippen LogP contribution is 2.38. The van der Waals surface area contributed by atoms with Crippen LogP contribution in [0.3, 0.4) is 0 Å². The molecule has 6 nitrogen and oxygen atoms in total. The van der Waals surface area contributed by atoms with Crippen LogP contribution in [0.25, 0.3) is 22.3 Å². The lowest BCUT2D eigenvalue weighted by Crippen LogP contribution is -1.96. The molecule has 0 fully saturated rings. The Kier molecular flexibility index (Phi) is 6.06. The second kappa shape index (κ2) is 8.69. The zero-order valence-electron chi connectivity index (χ0n) is 16.3. The molecular weight excluding hydrogens is 398 g/mol. The van der Waals surface area contributed by atoms with Crippen molar-refractivity contribution in [3.05, 3.63) is 73.8 Å². The molecule has 1 aromatic heterocycles. The first kappa shape index (κ1) is 20.9. The van der Waals surface area contributed by atoms with Gasteiger partial charge in [-0.15, -0.1) is 11.3 Å². The number of nitriles is 2. The first-order valence-corrected chi connectivity index (χ1v) is 10.0. The number of benzene rings is 2. The van der Waals surface area contributed by atoms with E-state index in [4.69, 9.17) is 0 Å². The minimum absolute atomic E-state index is 0.147. The predicted molar refractivity (Wildman–Crippen MR) is 115 cm³/mol. The van der Waals surface area contributed by atoms with Gasteiger partial charge in [0.25, 0.3) is 0 Å². The van der Waals surface area contributed by atoms with Gasteiger partial charge in [0.15, 0.2) is 0 Å². The molecule has 1 unspecified atom stereocenters. The summed E-state index contributed by atoms with van der Waals surface area (Å²) in [6.07, 6.45) is 0.581. The van der Waals surface area contributed by atoms with Crippen molar-refractivity contribution in [2.75, 3.05) is 0 Å². The van der Waals surface area contributed by atoms with E-state index in [-0.39, 0.29) is 4.88 Å². The standard InChI is InChI=1S/C23H17N3O3S/c1-3-20-19(12-25)21(22(30-20)23(27)28)15-6-4-14(5-7-15)18-9-8-16(13(2)26-29)10-17(18)11-24/h4-10,13H,3H2,1-2H3,(H,27,28). The lowest BCUT2D eigenvalue weighted by atomic mass is 9.94. The van der Waals surface area contributed by atoms with Crippen LogP contribution >= 0.6 is 11.3 Å². The number of aromatic carboxylic acids is 1. The lowest BCUT2D eigenvalue weighted by Gasteiger charge is -2.10. The van der Waals surface area contributed by atoms with Crippen LogP contribution in [-0.4, -0.2) is 11.1 Å². The third-order valence-corrected chi connectivity index (χ3v) is 6.22. The van der Waals surface area contributed by atoms with E-state index in [0.29, 0.717) is 39.8 Å². The van der Waals surface area contributed by atoms with Gasteiger partial charge in [-0.05, 0) is 41.7 Å². The van der Waals surface area contributed by atoms with E-state index in [2.05, 4.69) is 17.3 Å². The van der Waals surface area contributed by atoms with Gasteiger partial charge in [-0.3, -0.25) is 0 Å². The summed E-state index contributed by atoms with van der Waals surface area (Å²) in [4.78, 5) is 23.4. The Morgan fingerprint density at radius 1 is 1.13 bits per heavy atom. The topological polar surface area (TPSA) is 114 Å². The summed E-state index contributed by atoms with van der Waals surface area (Å²) in [5.41, 5.74) is 4.02. The minimum atomic E-state index is -1.06. The molecule has 1 atom stereocenters. The normalized spacial score (nSPS) is 11.3. The van der Waals surface area contributed by atoms with Crippen LogP contribution in [0.2, 0.25) is 0 Å². The molecule has 0 saturated heterocycles. The van der Waals surface area contributed by atoms with Crippen molar-refractivity contribution in [2.24, 2.45) is 5.18 Å². The van der Waals surface area contributed by atoms with E-state index >= 15 is 0 Å². The Balaban J connectivity index is 2.08. The summed E-state index contributed by atoms with van der Waals surface area (Å²) in [5.74, 6) is -1.06. The van der Waals surface area contributed by atoms with Crippen LogP contribution in [0.5, 0.6) is 0 Å². The monoisotopic (exact) mass is 415 g/mol. The van der Waals surface area contributed by atoms with Crippen LogP contribution in [0.1, 0.15) is 51.1 Å². The molecule has 0 bridgehead atoms. The Labute approximate surface area is 177 Å². The van der Waals surface area contributed by atoms with Gasteiger partial charge in [-0.25, -0.2) is 4.79 Å². The number of carboxylic acids is 1. The second-order valence-corrected chi connectivity index (χ2v) is 7.76. The fourth-order valence-electron chi connectivity index (χ4n) is 3.31. The van der Waals surface area contributed by atoms with E-state index in [1.807, 2.05) is 6.92 Å². The number of nitroso groups, excluding NO2 is 1. The summed E-state index contributed by atoms with van der Waals surface area (Å²) < 4.78 is 0. The molecule has 1 N–H and O–H groups in total. The van der Waals surface area contributed by atoms with Crippen molar-refractivity contribution in [1.82, 2.24) is 0 Å². The van der Waals surface area contributed by atoms with Gasteiger partial charge in [0.1, 0.15) is 17.0 Å². The molecule has 0 aliphatic carbocycles. The Hall–Kier alpha value is -3.81.